The fourth-order valence-electron chi connectivity index (χ4n) is 2.75. The van der Waals surface area contributed by atoms with Crippen molar-refractivity contribution in [2.45, 2.75) is 26.8 Å². The van der Waals surface area contributed by atoms with Crippen molar-refractivity contribution in [3.8, 4) is 5.75 Å². The van der Waals surface area contributed by atoms with Gasteiger partial charge in [0.05, 0.1) is 12.3 Å². The lowest BCUT2D eigenvalue weighted by Crippen LogP contribution is -2.88. The van der Waals surface area contributed by atoms with E-state index in [1.807, 2.05) is 49.4 Å². The minimum Gasteiger partial charge on any atom is -0.492 e. The first kappa shape index (κ1) is 18.0. The second kappa shape index (κ2) is 9.08. The number of ether oxygens (including phenoxy) is 1. The van der Waals surface area contributed by atoms with Crippen molar-refractivity contribution in [2.75, 3.05) is 18.5 Å². The summed E-state index contributed by atoms with van der Waals surface area (Å²) in [7, 11) is 0. The van der Waals surface area contributed by atoms with Gasteiger partial charge in [-0.15, -0.1) is 0 Å². The molecule has 0 bridgehead atoms. The lowest BCUT2D eigenvalue weighted by molar-refractivity contribution is -0.692. The van der Waals surface area contributed by atoms with Crippen molar-refractivity contribution < 1.29 is 14.8 Å². The molecule has 2 rings (SSSR count). The molecule has 24 heavy (non-hydrogen) atoms. The van der Waals surface area contributed by atoms with Crippen LogP contribution in [-0.2, 0) is 4.79 Å². The van der Waals surface area contributed by atoms with Crippen LogP contribution in [0, 0.1) is 5.92 Å². The molecule has 0 aliphatic carbocycles. The van der Waals surface area contributed by atoms with E-state index in [0.717, 1.165) is 5.69 Å². The van der Waals surface area contributed by atoms with Crippen LogP contribution < -0.4 is 15.4 Å². The summed E-state index contributed by atoms with van der Waals surface area (Å²) in [5.74, 6) is 1.12. The molecule has 0 fully saturated rings. The van der Waals surface area contributed by atoms with Gasteiger partial charge in [0.2, 0.25) is 0 Å². The molecule has 128 valence electrons. The Balaban J connectivity index is 1.97. The van der Waals surface area contributed by atoms with Crippen LogP contribution in [0.4, 0.5) is 5.69 Å². The van der Waals surface area contributed by atoms with E-state index in [2.05, 4.69) is 36.6 Å². The molecule has 0 aliphatic heterocycles. The van der Waals surface area contributed by atoms with Gasteiger partial charge in [0, 0.05) is 11.5 Å². The van der Waals surface area contributed by atoms with Crippen molar-refractivity contribution in [1.29, 1.82) is 0 Å². The quantitative estimate of drug-likeness (QED) is 0.783. The molecule has 0 aromatic heterocycles. The largest absolute Gasteiger partial charge is 0.492 e. The third-order valence-corrected chi connectivity index (χ3v) is 3.92. The van der Waals surface area contributed by atoms with Gasteiger partial charge >= 0.3 is 0 Å². The molecule has 1 amide bonds. The van der Waals surface area contributed by atoms with Gasteiger partial charge in [-0.1, -0.05) is 56.3 Å². The summed E-state index contributed by atoms with van der Waals surface area (Å²) < 4.78 is 5.55. The lowest BCUT2D eigenvalue weighted by Gasteiger charge is -2.19. The van der Waals surface area contributed by atoms with Gasteiger partial charge in [-0.2, -0.15) is 0 Å². The van der Waals surface area contributed by atoms with E-state index in [0.29, 0.717) is 24.8 Å². The number of benzene rings is 2. The molecule has 4 nitrogen and oxygen atoms in total. The fourth-order valence-corrected chi connectivity index (χ4v) is 2.75. The van der Waals surface area contributed by atoms with Gasteiger partial charge in [-0.3, -0.25) is 4.79 Å². The van der Waals surface area contributed by atoms with Crippen molar-refractivity contribution in [3.63, 3.8) is 0 Å². The molecule has 2 aromatic rings. The molecule has 2 aromatic carbocycles. The molecular weight excluding hydrogens is 300 g/mol. The van der Waals surface area contributed by atoms with Gasteiger partial charge < -0.3 is 15.4 Å². The summed E-state index contributed by atoms with van der Waals surface area (Å²) in [5, 5.41) is 5.04. The average molecular weight is 327 g/mol. The Kier molecular flexibility index (Phi) is 6.82. The Morgan fingerprint density at radius 1 is 1.08 bits per heavy atom. The molecule has 0 aliphatic rings. The lowest BCUT2D eigenvalue weighted by atomic mass is 9.96. The maximum absolute atomic E-state index is 12.3. The van der Waals surface area contributed by atoms with Crippen LogP contribution in [0.25, 0.3) is 0 Å². The first-order chi connectivity index (χ1) is 11.6. The van der Waals surface area contributed by atoms with Gasteiger partial charge in [-0.25, -0.2) is 0 Å². The number of quaternary nitrogens is 1. The van der Waals surface area contributed by atoms with Crippen LogP contribution in [0.5, 0.6) is 5.75 Å². The summed E-state index contributed by atoms with van der Waals surface area (Å²) in [5.41, 5.74) is 1.97. The SMILES string of the molecule is CCOc1ccccc1NC(=O)C[NH2+][C@H](c1ccccc1)C(C)C. The minimum atomic E-state index is -0.0243. The molecule has 0 saturated heterocycles. The number of rotatable bonds is 8. The van der Waals surface area contributed by atoms with E-state index in [-0.39, 0.29) is 11.9 Å². The zero-order chi connectivity index (χ0) is 17.4. The third-order valence-electron chi connectivity index (χ3n) is 3.92. The smallest absolute Gasteiger partial charge is 0.279 e. The number of nitrogens with two attached hydrogens (primary N) is 1. The number of nitrogens with one attached hydrogen (secondary N) is 1. The second-order valence-electron chi connectivity index (χ2n) is 6.10. The van der Waals surface area contributed by atoms with E-state index in [1.165, 1.54) is 5.56 Å². The number of amides is 1. The van der Waals surface area contributed by atoms with Crippen molar-refractivity contribution in [1.82, 2.24) is 0 Å². The summed E-state index contributed by atoms with van der Waals surface area (Å²) in [4.78, 5) is 12.3. The highest BCUT2D eigenvalue weighted by atomic mass is 16.5. The number of carbonyl (C=O) groups is 1. The molecule has 0 heterocycles. The second-order valence-corrected chi connectivity index (χ2v) is 6.10. The summed E-state index contributed by atoms with van der Waals surface area (Å²) >= 11 is 0. The number of anilines is 1. The van der Waals surface area contributed by atoms with E-state index < -0.39 is 0 Å². The van der Waals surface area contributed by atoms with Crippen LogP contribution in [-0.4, -0.2) is 19.1 Å². The highest BCUT2D eigenvalue weighted by molar-refractivity contribution is 5.92. The first-order valence-electron chi connectivity index (χ1n) is 8.51. The molecule has 3 N–H and O–H groups in total. The Morgan fingerprint density at radius 2 is 1.75 bits per heavy atom. The zero-order valence-electron chi connectivity index (χ0n) is 14.7. The molecule has 1 atom stereocenters. The maximum atomic E-state index is 12.3. The Hall–Kier alpha value is -2.33. The van der Waals surface area contributed by atoms with Gasteiger partial charge in [0.15, 0.2) is 6.54 Å². The van der Waals surface area contributed by atoms with Gasteiger partial charge in [0.25, 0.3) is 5.91 Å². The highest BCUT2D eigenvalue weighted by Gasteiger charge is 2.20. The van der Waals surface area contributed by atoms with Crippen LogP contribution in [0.15, 0.2) is 54.6 Å². The molecule has 4 heteroatoms. The maximum Gasteiger partial charge on any atom is 0.279 e. The number of hydrogen-bond donors (Lipinski definition) is 2. The predicted octanol–water partition coefficient (Wildman–Crippen LogP) is 2.98. The van der Waals surface area contributed by atoms with Crippen LogP contribution in [0.2, 0.25) is 0 Å². The monoisotopic (exact) mass is 327 g/mol. The topological polar surface area (TPSA) is 54.9 Å². The summed E-state index contributed by atoms with van der Waals surface area (Å²) in [6.45, 7) is 7.23. The average Bonchev–Trinajstić information content (AvgIpc) is 2.58. The van der Waals surface area contributed by atoms with Crippen LogP contribution >= 0.6 is 0 Å². The van der Waals surface area contributed by atoms with E-state index in [1.54, 1.807) is 0 Å². The van der Waals surface area contributed by atoms with E-state index in [9.17, 15) is 4.79 Å². The minimum absolute atomic E-state index is 0.0243. The molecule has 0 unspecified atom stereocenters. The standard InChI is InChI=1S/C20H26N2O2/c1-4-24-18-13-9-8-12-17(18)22-19(23)14-21-20(15(2)3)16-10-6-5-7-11-16/h5-13,15,20-21H,4,14H2,1-3H3,(H,22,23)/p+1/t20-/m0/s1. The summed E-state index contributed by atoms with van der Waals surface area (Å²) in [6, 6.07) is 18.1. The van der Waals surface area contributed by atoms with Gasteiger partial charge in [0.1, 0.15) is 11.8 Å². The van der Waals surface area contributed by atoms with Crippen LogP contribution in [0.3, 0.4) is 0 Å². The van der Waals surface area contributed by atoms with Crippen molar-refractivity contribution in [2.24, 2.45) is 5.92 Å². The Bertz CT molecular complexity index is 641. The number of carbonyl (C=O) groups excluding carboxylic acids is 1. The zero-order valence-corrected chi connectivity index (χ0v) is 14.7. The molecule has 0 spiro atoms. The highest BCUT2D eigenvalue weighted by Crippen LogP contribution is 2.23. The first-order valence-corrected chi connectivity index (χ1v) is 8.51. The van der Waals surface area contributed by atoms with Crippen LogP contribution in [0.1, 0.15) is 32.4 Å². The molecule has 0 radical (unpaired) electrons. The Labute approximate surface area is 144 Å². The number of para-hydroxylation sites is 2. The number of hydrogen-bond acceptors (Lipinski definition) is 2. The Morgan fingerprint density at radius 3 is 2.42 bits per heavy atom. The van der Waals surface area contributed by atoms with Gasteiger partial charge in [-0.05, 0) is 19.1 Å². The van der Waals surface area contributed by atoms with E-state index in [4.69, 9.17) is 4.74 Å². The molecule has 0 saturated carbocycles. The van der Waals surface area contributed by atoms with E-state index >= 15 is 0 Å². The van der Waals surface area contributed by atoms with Crippen molar-refractivity contribution >= 4 is 11.6 Å². The third kappa shape index (κ3) is 5.10. The summed E-state index contributed by atoms with van der Waals surface area (Å²) in [6.07, 6.45) is 0. The molecular formula is C20H27N2O2+. The fraction of sp³-hybridized carbons (Fsp3) is 0.350. The van der Waals surface area contributed by atoms with Crippen molar-refractivity contribution in [3.05, 3.63) is 60.2 Å². The predicted molar refractivity (Wildman–Crippen MR) is 97.1 cm³/mol. The normalized spacial score (nSPS) is 12.0.